The molecule has 9 nitrogen and oxygen atoms in total. The number of esters is 1. The summed E-state index contributed by atoms with van der Waals surface area (Å²) in [5.41, 5.74) is 4.26. The first-order chi connectivity index (χ1) is 15.0. The standard InChI is InChI=1S/C22H22N4O5/c1-14-16(9-6-10-17(14)15-7-4-3-5-8-15)12-31-22-24-13-23-21(26-22)25-18(11-19(27)28)20(29)30-2/h3-10,13,18H,11-12H2,1-2H3,(H,27,28)(H,23,24,25,26)/t18-/m1/s1. The van der Waals surface area contributed by atoms with Gasteiger partial charge in [-0.3, -0.25) is 4.79 Å². The summed E-state index contributed by atoms with van der Waals surface area (Å²) in [4.78, 5) is 34.8. The molecular weight excluding hydrogens is 400 g/mol. The molecule has 0 aliphatic carbocycles. The highest BCUT2D eigenvalue weighted by Crippen LogP contribution is 2.26. The molecule has 0 amide bonds. The summed E-state index contributed by atoms with van der Waals surface area (Å²) in [6, 6.07) is 14.9. The van der Waals surface area contributed by atoms with Gasteiger partial charge in [-0.25, -0.2) is 9.78 Å². The lowest BCUT2D eigenvalue weighted by atomic mass is 9.97. The van der Waals surface area contributed by atoms with Crippen molar-refractivity contribution in [1.29, 1.82) is 0 Å². The fourth-order valence-electron chi connectivity index (χ4n) is 3.00. The van der Waals surface area contributed by atoms with Gasteiger partial charge in [-0.2, -0.15) is 9.97 Å². The van der Waals surface area contributed by atoms with E-state index in [4.69, 9.17) is 9.84 Å². The number of rotatable bonds is 9. The van der Waals surface area contributed by atoms with Gasteiger partial charge in [0.05, 0.1) is 13.5 Å². The van der Waals surface area contributed by atoms with Crippen LogP contribution in [0.25, 0.3) is 11.1 Å². The van der Waals surface area contributed by atoms with Crippen LogP contribution in [0.1, 0.15) is 17.5 Å². The van der Waals surface area contributed by atoms with Gasteiger partial charge in [0, 0.05) is 0 Å². The first kappa shape index (κ1) is 21.7. The Labute approximate surface area is 179 Å². The van der Waals surface area contributed by atoms with Gasteiger partial charge < -0.3 is 19.9 Å². The zero-order valence-corrected chi connectivity index (χ0v) is 17.1. The minimum Gasteiger partial charge on any atom is -0.481 e. The third-order valence-corrected chi connectivity index (χ3v) is 4.61. The van der Waals surface area contributed by atoms with Crippen molar-refractivity contribution in [3.05, 3.63) is 66.0 Å². The van der Waals surface area contributed by atoms with E-state index < -0.39 is 24.4 Å². The van der Waals surface area contributed by atoms with Crippen molar-refractivity contribution >= 4 is 17.9 Å². The number of methoxy groups -OCH3 is 1. The molecule has 1 atom stereocenters. The van der Waals surface area contributed by atoms with Crippen LogP contribution < -0.4 is 10.1 Å². The topological polar surface area (TPSA) is 124 Å². The summed E-state index contributed by atoms with van der Waals surface area (Å²) in [6.45, 7) is 2.25. The Balaban J connectivity index is 1.72. The van der Waals surface area contributed by atoms with Crippen LogP contribution in [0.2, 0.25) is 0 Å². The van der Waals surface area contributed by atoms with Crippen LogP contribution >= 0.6 is 0 Å². The molecule has 0 aliphatic heterocycles. The van der Waals surface area contributed by atoms with Crippen LogP contribution in [-0.4, -0.2) is 45.1 Å². The van der Waals surface area contributed by atoms with E-state index in [9.17, 15) is 9.59 Å². The largest absolute Gasteiger partial charge is 0.481 e. The van der Waals surface area contributed by atoms with Crippen LogP contribution in [0.4, 0.5) is 5.95 Å². The van der Waals surface area contributed by atoms with Gasteiger partial charge in [0.2, 0.25) is 5.95 Å². The zero-order valence-electron chi connectivity index (χ0n) is 17.1. The third-order valence-electron chi connectivity index (χ3n) is 4.61. The Morgan fingerprint density at radius 3 is 2.58 bits per heavy atom. The highest BCUT2D eigenvalue weighted by Gasteiger charge is 2.23. The fourth-order valence-corrected chi connectivity index (χ4v) is 3.00. The Hall–Kier alpha value is -4.01. The van der Waals surface area contributed by atoms with Crippen molar-refractivity contribution in [3.8, 4) is 17.1 Å². The number of carboxylic acids is 1. The molecule has 0 radical (unpaired) electrons. The fraction of sp³-hybridized carbons (Fsp3) is 0.227. The van der Waals surface area contributed by atoms with Crippen LogP contribution in [0.15, 0.2) is 54.9 Å². The molecule has 2 aromatic carbocycles. The average molecular weight is 422 g/mol. The summed E-state index contributed by atoms with van der Waals surface area (Å²) in [6.07, 6.45) is 0.729. The normalized spacial score (nSPS) is 11.4. The first-order valence-electron chi connectivity index (χ1n) is 9.50. The lowest BCUT2D eigenvalue weighted by molar-refractivity contribution is -0.146. The smallest absolute Gasteiger partial charge is 0.328 e. The third kappa shape index (κ3) is 5.75. The summed E-state index contributed by atoms with van der Waals surface area (Å²) >= 11 is 0. The Morgan fingerprint density at radius 2 is 1.87 bits per heavy atom. The number of nitrogens with one attached hydrogen (secondary N) is 1. The molecule has 2 N–H and O–H groups in total. The molecule has 1 heterocycles. The minimum absolute atomic E-state index is 0.0106. The highest BCUT2D eigenvalue weighted by molar-refractivity contribution is 5.84. The quantitative estimate of drug-likeness (QED) is 0.501. The van der Waals surface area contributed by atoms with Crippen molar-refractivity contribution in [2.45, 2.75) is 26.0 Å². The Bertz CT molecular complexity index is 1060. The summed E-state index contributed by atoms with van der Waals surface area (Å²) in [7, 11) is 1.17. The number of benzene rings is 2. The summed E-state index contributed by atoms with van der Waals surface area (Å²) in [5.74, 6) is -1.89. The number of nitrogens with zero attached hydrogens (tertiary/aromatic N) is 3. The van der Waals surface area contributed by atoms with E-state index in [1.54, 1.807) is 0 Å². The predicted octanol–water partition coefficient (Wildman–Crippen LogP) is 2.85. The molecule has 1 aromatic heterocycles. The van der Waals surface area contributed by atoms with Crippen molar-refractivity contribution in [2.75, 3.05) is 12.4 Å². The molecule has 0 aliphatic rings. The average Bonchev–Trinajstić information content (AvgIpc) is 2.78. The number of carbonyl (C=O) groups excluding carboxylic acids is 1. The van der Waals surface area contributed by atoms with Crippen LogP contribution in [0.5, 0.6) is 6.01 Å². The van der Waals surface area contributed by atoms with Crippen LogP contribution in [0, 0.1) is 6.92 Å². The Morgan fingerprint density at radius 1 is 1.10 bits per heavy atom. The van der Waals surface area contributed by atoms with Gasteiger partial charge in [-0.1, -0.05) is 48.5 Å². The number of carbonyl (C=O) groups is 2. The summed E-state index contributed by atoms with van der Waals surface area (Å²) < 4.78 is 10.3. The van der Waals surface area contributed by atoms with E-state index in [2.05, 4.69) is 31.1 Å². The lowest BCUT2D eigenvalue weighted by Gasteiger charge is -2.15. The second-order valence-electron chi connectivity index (χ2n) is 6.65. The van der Waals surface area contributed by atoms with E-state index in [1.807, 2.05) is 49.4 Å². The maximum atomic E-state index is 11.8. The van der Waals surface area contributed by atoms with Gasteiger partial charge in [-0.05, 0) is 29.2 Å². The molecular formula is C22H22N4O5. The van der Waals surface area contributed by atoms with Crippen molar-refractivity contribution in [3.63, 3.8) is 0 Å². The zero-order chi connectivity index (χ0) is 22.2. The van der Waals surface area contributed by atoms with Crippen molar-refractivity contribution < 1.29 is 24.2 Å². The SMILES string of the molecule is COC(=O)[C@@H](CC(=O)O)Nc1ncnc(OCc2cccc(-c3ccccc3)c2C)n1. The van der Waals surface area contributed by atoms with E-state index in [1.165, 1.54) is 13.4 Å². The molecule has 0 saturated carbocycles. The molecule has 31 heavy (non-hydrogen) atoms. The maximum absolute atomic E-state index is 11.8. The second-order valence-corrected chi connectivity index (χ2v) is 6.65. The molecule has 0 fully saturated rings. The number of hydrogen-bond donors (Lipinski definition) is 2. The monoisotopic (exact) mass is 422 g/mol. The maximum Gasteiger partial charge on any atom is 0.328 e. The number of aromatic nitrogens is 3. The molecule has 0 saturated heterocycles. The van der Waals surface area contributed by atoms with Gasteiger partial charge in [-0.15, -0.1) is 0 Å². The van der Waals surface area contributed by atoms with Crippen LogP contribution in [-0.2, 0) is 20.9 Å². The van der Waals surface area contributed by atoms with E-state index in [0.717, 1.165) is 22.3 Å². The van der Waals surface area contributed by atoms with E-state index in [0.29, 0.717) is 0 Å². The van der Waals surface area contributed by atoms with Gasteiger partial charge >= 0.3 is 17.9 Å². The number of carboxylic acid groups (broad SMARTS) is 1. The van der Waals surface area contributed by atoms with Gasteiger partial charge in [0.1, 0.15) is 19.0 Å². The minimum atomic E-state index is -1.16. The van der Waals surface area contributed by atoms with Gasteiger partial charge in [0.25, 0.3) is 0 Å². The molecule has 0 bridgehead atoms. The molecule has 9 heteroatoms. The first-order valence-corrected chi connectivity index (χ1v) is 9.50. The van der Waals surface area contributed by atoms with E-state index >= 15 is 0 Å². The van der Waals surface area contributed by atoms with E-state index in [-0.39, 0.29) is 18.6 Å². The molecule has 3 aromatic rings. The van der Waals surface area contributed by atoms with Crippen molar-refractivity contribution in [2.24, 2.45) is 0 Å². The van der Waals surface area contributed by atoms with Crippen LogP contribution in [0.3, 0.4) is 0 Å². The lowest BCUT2D eigenvalue weighted by Crippen LogP contribution is -2.33. The number of anilines is 1. The molecule has 160 valence electrons. The Kier molecular flexibility index (Phi) is 7.10. The number of ether oxygens (including phenoxy) is 2. The molecule has 0 spiro atoms. The summed E-state index contributed by atoms with van der Waals surface area (Å²) in [5, 5.41) is 11.6. The highest BCUT2D eigenvalue weighted by atomic mass is 16.5. The molecule has 3 rings (SSSR count). The second kappa shape index (κ2) is 10.1. The number of aliphatic carboxylic acids is 1. The predicted molar refractivity (Wildman–Crippen MR) is 112 cm³/mol. The van der Waals surface area contributed by atoms with Crippen molar-refractivity contribution in [1.82, 2.24) is 15.0 Å². The number of hydrogen-bond acceptors (Lipinski definition) is 8. The van der Waals surface area contributed by atoms with Gasteiger partial charge in [0.15, 0.2) is 0 Å². The molecule has 0 unspecified atom stereocenters.